The van der Waals surface area contributed by atoms with E-state index in [0.29, 0.717) is 6.07 Å². The molecule has 9 nitrogen and oxygen atoms in total. The number of benzene rings is 1. The van der Waals surface area contributed by atoms with Crippen molar-refractivity contribution in [1.29, 1.82) is 0 Å². The molecule has 25 heavy (non-hydrogen) atoms. The molecule has 3 rings (SSSR count). The van der Waals surface area contributed by atoms with Gasteiger partial charge in [0.25, 0.3) is 10.0 Å². The van der Waals surface area contributed by atoms with Crippen molar-refractivity contribution in [3.05, 3.63) is 42.6 Å². The summed E-state index contributed by atoms with van der Waals surface area (Å²) in [5, 5.41) is 10.6. The second-order valence-corrected chi connectivity index (χ2v) is 6.48. The Bertz CT molecular complexity index is 996. The Balaban J connectivity index is 2.09. The standard InChI is InChI=1S/C12H10F3N7O2S/c1-21-17-5-11(19-21)25(23,24)20-9-4-8(12(13,14)15)2-3-10(9)22-7-16-6-18-22/h2-7,20H,1H3. The Labute approximate surface area is 139 Å². The topological polar surface area (TPSA) is 108 Å². The minimum Gasteiger partial charge on any atom is -0.276 e. The molecule has 2 aromatic heterocycles. The number of alkyl halides is 3. The maximum absolute atomic E-state index is 13.0. The predicted molar refractivity (Wildman–Crippen MR) is 78.2 cm³/mol. The molecule has 0 fully saturated rings. The van der Waals surface area contributed by atoms with Crippen LogP contribution in [0.5, 0.6) is 0 Å². The monoisotopic (exact) mass is 373 g/mol. The van der Waals surface area contributed by atoms with Crippen molar-refractivity contribution in [2.75, 3.05) is 4.72 Å². The number of halogens is 3. The van der Waals surface area contributed by atoms with Gasteiger partial charge in [-0.15, -0.1) is 5.10 Å². The number of hydrogen-bond donors (Lipinski definition) is 1. The van der Waals surface area contributed by atoms with E-state index in [1.807, 2.05) is 0 Å². The number of aromatic nitrogens is 6. The quantitative estimate of drug-likeness (QED) is 0.737. The molecule has 0 aliphatic rings. The van der Waals surface area contributed by atoms with E-state index in [0.717, 1.165) is 27.8 Å². The second kappa shape index (κ2) is 5.84. The zero-order chi connectivity index (χ0) is 18.2. The lowest BCUT2D eigenvalue weighted by atomic mass is 10.1. The molecule has 0 aliphatic heterocycles. The lowest BCUT2D eigenvalue weighted by molar-refractivity contribution is -0.137. The van der Waals surface area contributed by atoms with Crippen LogP contribution < -0.4 is 4.72 Å². The van der Waals surface area contributed by atoms with E-state index in [2.05, 4.69) is 25.0 Å². The minimum atomic E-state index is -4.65. The van der Waals surface area contributed by atoms with Gasteiger partial charge < -0.3 is 0 Å². The van der Waals surface area contributed by atoms with Crippen molar-refractivity contribution in [3.63, 3.8) is 0 Å². The van der Waals surface area contributed by atoms with Crippen molar-refractivity contribution in [2.24, 2.45) is 7.05 Å². The number of aryl methyl sites for hydroxylation is 1. The molecule has 0 saturated heterocycles. The predicted octanol–water partition coefficient (Wildman–Crippen LogP) is 1.22. The van der Waals surface area contributed by atoms with Crippen LogP contribution in [0.25, 0.3) is 5.69 Å². The summed E-state index contributed by atoms with van der Waals surface area (Å²) in [6.07, 6.45) is -1.28. The number of nitrogens with zero attached hydrogens (tertiary/aromatic N) is 6. The van der Waals surface area contributed by atoms with E-state index >= 15 is 0 Å². The number of anilines is 1. The molecule has 0 spiro atoms. The first-order valence-corrected chi connectivity index (χ1v) is 8.10. The van der Waals surface area contributed by atoms with Crippen molar-refractivity contribution in [1.82, 2.24) is 29.8 Å². The molecular weight excluding hydrogens is 363 g/mol. The molecule has 0 aliphatic carbocycles. The highest BCUT2D eigenvalue weighted by Gasteiger charge is 2.32. The maximum Gasteiger partial charge on any atom is 0.416 e. The van der Waals surface area contributed by atoms with E-state index in [4.69, 9.17) is 0 Å². The first kappa shape index (κ1) is 16.9. The summed E-state index contributed by atoms with van der Waals surface area (Å²) < 4.78 is 66.8. The molecule has 1 aromatic carbocycles. The molecule has 0 radical (unpaired) electrons. The van der Waals surface area contributed by atoms with E-state index in [9.17, 15) is 21.6 Å². The molecule has 0 amide bonds. The third-order valence-electron chi connectivity index (χ3n) is 3.09. The molecule has 0 unspecified atom stereocenters. The Kier molecular flexibility index (Phi) is 3.94. The Morgan fingerprint density at radius 1 is 1.20 bits per heavy atom. The van der Waals surface area contributed by atoms with Crippen LogP contribution in [0.15, 0.2) is 42.1 Å². The Morgan fingerprint density at radius 3 is 2.52 bits per heavy atom. The second-order valence-electron chi connectivity index (χ2n) is 4.85. The van der Waals surface area contributed by atoms with Gasteiger partial charge in [-0.3, -0.25) is 4.72 Å². The molecule has 0 saturated carbocycles. The number of sulfonamides is 1. The van der Waals surface area contributed by atoms with Gasteiger partial charge in [-0.05, 0) is 18.2 Å². The fourth-order valence-corrected chi connectivity index (χ4v) is 2.94. The average molecular weight is 373 g/mol. The van der Waals surface area contributed by atoms with Gasteiger partial charge in [-0.2, -0.15) is 36.6 Å². The first-order valence-electron chi connectivity index (χ1n) is 6.62. The van der Waals surface area contributed by atoms with Crippen LogP contribution in [0.1, 0.15) is 5.56 Å². The largest absolute Gasteiger partial charge is 0.416 e. The van der Waals surface area contributed by atoms with Crippen molar-refractivity contribution in [3.8, 4) is 5.69 Å². The van der Waals surface area contributed by atoms with Gasteiger partial charge in [0.1, 0.15) is 12.7 Å². The number of hydrogen-bond acceptors (Lipinski definition) is 6. The molecule has 2 heterocycles. The third-order valence-corrected chi connectivity index (χ3v) is 4.31. The van der Waals surface area contributed by atoms with Crippen LogP contribution in [0.4, 0.5) is 18.9 Å². The van der Waals surface area contributed by atoms with Gasteiger partial charge in [0.15, 0.2) is 0 Å². The highest BCUT2D eigenvalue weighted by atomic mass is 32.2. The third kappa shape index (κ3) is 3.45. The van der Waals surface area contributed by atoms with Gasteiger partial charge in [0, 0.05) is 7.05 Å². The lowest BCUT2D eigenvalue weighted by Gasteiger charge is -2.14. The molecular formula is C12H10F3N7O2S. The van der Waals surface area contributed by atoms with Crippen LogP contribution in [0, 0.1) is 0 Å². The van der Waals surface area contributed by atoms with E-state index in [1.165, 1.54) is 19.7 Å². The number of nitrogens with one attached hydrogen (secondary N) is 1. The summed E-state index contributed by atoms with van der Waals surface area (Å²) in [4.78, 5) is 4.71. The van der Waals surface area contributed by atoms with Crippen LogP contribution >= 0.6 is 0 Å². The first-order chi connectivity index (χ1) is 11.7. The van der Waals surface area contributed by atoms with Gasteiger partial charge >= 0.3 is 6.18 Å². The van der Waals surface area contributed by atoms with Gasteiger partial charge in [-0.1, -0.05) is 0 Å². The maximum atomic E-state index is 13.0. The summed E-state index contributed by atoms with van der Waals surface area (Å²) in [6.45, 7) is 0. The zero-order valence-corrected chi connectivity index (χ0v) is 13.3. The SMILES string of the molecule is Cn1ncc(S(=O)(=O)Nc2cc(C(F)(F)F)ccc2-n2cncn2)n1. The van der Waals surface area contributed by atoms with E-state index < -0.39 is 26.8 Å². The summed E-state index contributed by atoms with van der Waals surface area (Å²) in [5.41, 5.74) is -1.28. The lowest BCUT2D eigenvalue weighted by Crippen LogP contribution is -2.17. The summed E-state index contributed by atoms with van der Waals surface area (Å²) in [6, 6.07) is 2.58. The van der Waals surface area contributed by atoms with Crippen molar-refractivity contribution >= 4 is 15.7 Å². The Hall–Kier alpha value is -2.96. The smallest absolute Gasteiger partial charge is 0.276 e. The number of rotatable bonds is 4. The fourth-order valence-electron chi connectivity index (χ4n) is 1.97. The van der Waals surface area contributed by atoms with E-state index in [-0.39, 0.29) is 11.4 Å². The molecule has 132 valence electrons. The van der Waals surface area contributed by atoms with Crippen LogP contribution in [-0.4, -0.2) is 38.2 Å². The molecule has 1 N–H and O–H groups in total. The molecule has 0 bridgehead atoms. The zero-order valence-electron chi connectivity index (χ0n) is 12.5. The van der Waals surface area contributed by atoms with E-state index in [1.54, 1.807) is 0 Å². The fraction of sp³-hybridized carbons (Fsp3) is 0.167. The minimum absolute atomic E-state index is 0.0676. The van der Waals surface area contributed by atoms with Gasteiger partial charge in [0.2, 0.25) is 5.03 Å². The van der Waals surface area contributed by atoms with Crippen molar-refractivity contribution < 1.29 is 21.6 Å². The van der Waals surface area contributed by atoms with Gasteiger partial charge in [0.05, 0.1) is 23.1 Å². The van der Waals surface area contributed by atoms with Gasteiger partial charge in [-0.25, -0.2) is 9.67 Å². The molecule has 0 atom stereocenters. The van der Waals surface area contributed by atoms with Crippen molar-refractivity contribution in [2.45, 2.75) is 11.2 Å². The average Bonchev–Trinajstić information content (AvgIpc) is 3.17. The summed E-state index contributed by atoms with van der Waals surface area (Å²) in [7, 11) is -2.83. The summed E-state index contributed by atoms with van der Waals surface area (Å²) in [5.74, 6) is 0. The van der Waals surface area contributed by atoms with Crippen LogP contribution in [0.3, 0.4) is 0 Å². The molecule has 13 heteroatoms. The Morgan fingerprint density at radius 2 is 1.96 bits per heavy atom. The highest BCUT2D eigenvalue weighted by Crippen LogP contribution is 2.33. The summed E-state index contributed by atoms with van der Waals surface area (Å²) >= 11 is 0. The van der Waals surface area contributed by atoms with Crippen LogP contribution in [0.2, 0.25) is 0 Å². The van der Waals surface area contributed by atoms with Crippen LogP contribution in [-0.2, 0) is 23.2 Å². The normalized spacial score (nSPS) is 12.3. The molecule has 3 aromatic rings. The highest BCUT2D eigenvalue weighted by molar-refractivity contribution is 7.92.